The van der Waals surface area contributed by atoms with Crippen LogP contribution in [-0.2, 0) is 6.42 Å². The van der Waals surface area contributed by atoms with Crippen molar-refractivity contribution in [1.82, 2.24) is 20.1 Å². The summed E-state index contributed by atoms with van der Waals surface area (Å²) in [7, 11) is 0. The molecule has 0 aliphatic rings. The van der Waals surface area contributed by atoms with Gasteiger partial charge in [0.05, 0.1) is 0 Å². The van der Waals surface area contributed by atoms with E-state index < -0.39 is 0 Å². The molecule has 0 spiro atoms. The molecule has 0 aliphatic heterocycles. The van der Waals surface area contributed by atoms with Crippen LogP contribution >= 0.6 is 0 Å². The molecule has 3 rings (SSSR count). The van der Waals surface area contributed by atoms with E-state index in [-0.39, 0.29) is 0 Å². The molecule has 0 fully saturated rings. The third kappa shape index (κ3) is 3.88. The molecule has 0 atom stereocenters. The molecule has 0 unspecified atom stereocenters. The number of aromatic nitrogens is 4. The average Bonchev–Trinajstić information content (AvgIpc) is 3.13. The average molecular weight is 352 g/mol. The van der Waals surface area contributed by atoms with Crippen LogP contribution in [0.4, 0.5) is 5.95 Å². The van der Waals surface area contributed by atoms with Crippen LogP contribution in [0.5, 0.6) is 0 Å². The van der Waals surface area contributed by atoms with Crippen molar-refractivity contribution in [3.8, 4) is 23.0 Å². The molecule has 0 radical (unpaired) electrons. The van der Waals surface area contributed by atoms with Crippen molar-refractivity contribution in [1.29, 1.82) is 0 Å². The number of hydrogen-bond donors (Lipinski definition) is 1. The van der Waals surface area contributed by atoms with Gasteiger partial charge in [0.2, 0.25) is 11.8 Å². The number of nitrogens with two attached hydrogens (primary N) is 1. The molecule has 3 aromatic rings. The molecule has 0 bridgehead atoms. The second-order valence-corrected chi connectivity index (χ2v) is 6.03. The Bertz CT molecular complexity index is 855. The SMILES string of the molecule is CCN(CC)c1nc(C)cc(-c2nc(-c3ccc(CCN)cc3)no2)n1. The van der Waals surface area contributed by atoms with Crippen LogP contribution in [-0.4, -0.2) is 39.7 Å². The van der Waals surface area contributed by atoms with Gasteiger partial charge >= 0.3 is 0 Å². The van der Waals surface area contributed by atoms with E-state index in [1.165, 1.54) is 5.56 Å². The Kier molecular flexibility index (Phi) is 5.58. The van der Waals surface area contributed by atoms with Gasteiger partial charge in [-0.3, -0.25) is 0 Å². The molecule has 0 amide bonds. The first kappa shape index (κ1) is 18.0. The summed E-state index contributed by atoms with van der Waals surface area (Å²) in [5, 5.41) is 4.10. The molecule has 136 valence electrons. The van der Waals surface area contributed by atoms with Gasteiger partial charge in [-0.2, -0.15) is 4.98 Å². The predicted octanol–water partition coefficient (Wildman–Crippen LogP) is 2.85. The summed E-state index contributed by atoms with van der Waals surface area (Å²) >= 11 is 0. The van der Waals surface area contributed by atoms with Gasteiger partial charge in [0, 0.05) is 24.3 Å². The van der Waals surface area contributed by atoms with Crippen LogP contribution in [0.1, 0.15) is 25.1 Å². The predicted molar refractivity (Wildman–Crippen MR) is 102 cm³/mol. The van der Waals surface area contributed by atoms with Crippen molar-refractivity contribution in [2.24, 2.45) is 5.73 Å². The van der Waals surface area contributed by atoms with Crippen molar-refractivity contribution < 1.29 is 4.52 Å². The highest BCUT2D eigenvalue weighted by Crippen LogP contribution is 2.23. The number of aryl methyl sites for hydroxylation is 1. The van der Waals surface area contributed by atoms with E-state index in [0.29, 0.717) is 29.9 Å². The van der Waals surface area contributed by atoms with E-state index in [1.54, 1.807) is 0 Å². The molecule has 26 heavy (non-hydrogen) atoms. The Labute approximate surface area is 153 Å². The van der Waals surface area contributed by atoms with Crippen LogP contribution in [0.2, 0.25) is 0 Å². The fourth-order valence-corrected chi connectivity index (χ4v) is 2.74. The zero-order valence-electron chi connectivity index (χ0n) is 15.4. The van der Waals surface area contributed by atoms with Gasteiger partial charge in [0.15, 0.2) is 0 Å². The van der Waals surface area contributed by atoms with Crippen LogP contribution in [0.15, 0.2) is 34.9 Å². The smallest absolute Gasteiger partial charge is 0.277 e. The molecular formula is C19H24N6O. The first-order valence-corrected chi connectivity index (χ1v) is 8.88. The summed E-state index contributed by atoms with van der Waals surface area (Å²) < 4.78 is 5.45. The monoisotopic (exact) mass is 352 g/mol. The standard InChI is InChI=1S/C19H24N6O/c1-4-25(5-2)19-21-13(3)12-16(22-19)18-23-17(24-26-18)15-8-6-14(7-9-15)10-11-20/h6-9,12H,4-5,10-11,20H2,1-3H3. The van der Waals surface area contributed by atoms with Crippen molar-refractivity contribution in [2.45, 2.75) is 27.2 Å². The minimum absolute atomic E-state index is 0.393. The Morgan fingerprint density at radius 3 is 2.42 bits per heavy atom. The lowest BCUT2D eigenvalue weighted by atomic mass is 10.1. The van der Waals surface area contributed by atoms with Gasteiger partial charge in [-0.25, -0.2) is 9.97 Å². The maximum atomic E-state index is 5.59. The van der Waals surface area contributed by atoms with Crippen molar-refractivity contribution in [3.63, 3.8) is 0 Å². The van der Waals surface area contributed by atoms with Crippen LogP contribution in [0.25, 0.3) is 23.0 Å². The fourth-order valence-electron chi connectivity index (χ4n) is 2.74. The van der Waals surface area contributed by atoms with E-state index >= 15 is 0 Å². The Morgan fingerprint density at radius 2 is 1.77 bits per heavy atom. The number of hydrogen-bond acceptors (Lipinski definition) is 7. The molecule has 2 aromatic heterocycles. The van der Waals surface area contributed by atoms with Gasteiger partial charge < -0.3 is 15.2 Å². The van der Waals surface area contributed by atoms with Crippen LogP contribution < -0.4 is 10.6 Å². The quantitative estimate of drug-likeness (QED) is 0.698. The van der Waals surface area contributed by atoms with E-state index in [1.807, 2.05) is 37.3 Å². The fraction of sp³-hybridized carbons (Fsp3) is 0.368. The number of anilines is 1. The Hall–Kier alpha value is -2.80. The zero-order valence-corrected chi connectivity index (χ0v) is 15.4. The van der Waals surface area contributed by atoms with Gasteiger partial charge in [0.25, 0.3) is 5.89 Å². The third-order valence-corrected chi connectivity index (χ3v) is 4.18. The Balaban J connectivity index is 1.89. The van der Waals surface area contributed by atoms with Crippen LogP contribution in [0.3, 0.4) is 0 Å². The molecule has 7 nitrogen and oxygen atoms in total. The maximum Gasteiger partial charge on any atom is 0.277 e. The first-order chi connectivity index (χ1) is 12.6. The van der Waals surface area contributed by atoms with Crippen molar-refractivity contribution in [2.75, 3.05) is 24.5 Å². The molecule has 0 saturated heterocycles. The van der Waals surface area contributed by atoms with E-state index in [2.05, 4.69) is 38.9 Å². The highest BCUT2D eigenvalue weighted by atomic mass is 16.5. The maximum absolute atomic E-state index is 5.59. The lowest BCUT2D eigenvalue weighted by Gasteiger charge is -2.18. The lowest BCUT2D eigenvalue weighted by Crippen LogP contribution is -2.24. The topological polar surface area (TPSA) is 94.0 Å². The van der Waals surface area contributed by atoms with Crippen molar-refractivity contribution >= 4 is 5.95 Å². The normalized spacial score (nSPS) is 10.9. The summed E-state index contributed by atoms with van der Waals surface area (Å²) in [6.45, 7) is 8.40. The van der Waals surface area contributed by atoms with E-state index in [9.17, 15) is 0 Å². The van der Waals surface area contributed by atoms with Gasteiger partial charge in [-0.15, -0.1) is 0 Å². The second kappa shape index (κ2) is 8.05. The minimum atomic E-state index is 0.393. The van der Waals surface area contributed by atoms with Crippen molar-refractivity contribution in [3.05, 3.63) is 41.6 Å². The third-order valence-electron chi connectivity index (χ3n) is 4.18. The molecule has 0 saturated carbocycles. The molecule has 2 N–H and O–H groups in total. The number of benzene rings is 1. The van der Waals surface area contributed by atoms with Gasteiger partial charge in [0.1, 0.15) is 5.69 Å². The van der Waals surface area contributed by atoms with Gasteiger partial charge in [-0.1, -0.05) is 29.4 Å². The molecule has 1 aromatic carbocycles. The zero-order chi connectivity index (χ0) is 18.5. The molecule has 2 heterocycles. The number of nitrogens with zero attached hydrogens (tertiary/aromatic N) is 5. The highest BCUT2D eigenvalue weighted by Gasteiger charge is 2.15. The molecule has 0 aliphatic carbocycles. The Morgan fingerprint density at radius 1 is 1.04 bits per heavy atom. The van der Waals surface area contributed by atoms with E-state index in [4.69, 9.17) is 10.3 Å². The minimum Gasteiger partial charge on any atom is -0.341 e. The summed E-state index contributed by atoms with van der Waals surface area (Å²) in [5.41, 5.74) is 9.18. The molecule has 7 heteroatoms. The lowest BCUT2D eigenvalue weighted by molar-refractivity contribution is 0.431. The summed E-state index contributed by atoms with van der Waals surface area (Å²) in [4.78, 5) is 15.7. The molecular weight excluding hydrogens is 328 g/mol. The van der Waals surface area contributed by atoms with Gasteiger partial charge in [-0.05, 0) is 45.4 Å². The largest absolute Gasteiger partial charge is 0.341 e. The summed E-state index contributed by atoms with van der Waals surface area (Å²) in [6.07, 6.45) is 0.853. The highest BCUT2D eigenvalue weighted by molar-refractivity contribution is 5.59. The first-order valence-electron chi connectivity index (χ1n) is 8.88. The number of rotatable bonds is 7. The van der Waals surface area contributed by atoms with Crippen LogP contribution in [0, 0.1) is 6.92 Å². The second-order valence-electron chi connectivity index (χ2n) is 6.03. The summed E-state index contributed by atoms with van der Waals surface area (Å²) in [5.74, 6) is 1.61. The summed E-state index contributed by atoms with van der Waals surface area (Å²) in [6, 6.07) is 9.88. The van der Waals surface area contributed by atoms with E-state index in [0.717, 1.165) is 30.8 Å².